The van der Waals surface area contributed by atoms with Gasteiger partial charge < -0.3 is 15.2 Å². The van der Waals surface area contributed by atoms with Crippen molar-refractivity contribution in [3.8, 4) is 0 Å². The van der Waals surface area contributed by atoms with Crippen molar-refractivity contribution >= 4 is 5.97 Å². The Kier molecular flexibility index (Phi) is 4.11. The highest BCUT2D eigenvalue weighted by Gasteiger charge is 2.44. The van der Waals surface area contributed by atoms with E-state index in [2.05, 4.69) is 5.32 Å². The van der Waals surface area contributed by atoms with Gasteiger partial charge in [0.05, 0.1) is 12.7 Å². The van der Waals surface area contributed by atoms with E-state index >= 15 is 0 Å². The second kappa shape index (κ2) is 4.94. The van der Waals surface area contributed by atoms with Crippen molar-refractivity contribution in [1.29, 1.82) is 0 Å². The first-order chi connectivity index (χ1) is 6.99. The van der Waals surface area contributed by atoms with Gasteiger partial charge in [-0.25, -0.2) is 0 Å². The van der Waals surface area contributed by atoms with Crippen molar-refractivity contribution in [1.82, 2.24) is 5.32 Å². The minimum absolute atomic E-state index is 0.110. The standard InChI is InChI=1S/C11H21NO3/c1-5-15-11(14)10-6(2)9(8(4)13)7(3)12-10/h6-10,12-13H,5H2,1-4H3. The number of nitrogens with one attached hydrogen (secondary N) is 1. The fourth-order valence-electron chi connectivity index (χ4n) is 2.60. The molecule has 0 spiro atoms. The van der Waals surface area contributed by atoms with Gasteiger partial charge in [0.15, 0.2) is 0 Å². The molecule has 0 radical (unpaired) electrons. The molecule has 0 aromatic rings. The lowest BCUT2D eigenvalue weighted by Crippen LogP contribution is -2.38. The lowest BCUT2D eigenvalue weighted by atomic mass is 9.85. The molecule has 5 unspecified atom stereocenters. The molecular weight excluding hydrogens is 194 g/mol. The van der Waals surface area contributed by atoms with Gasteiger partial charge in [0.2, 0.25) is 0 Å². The van der Waals surface area contributed by atoms with E-state index in [4.69, 9.17) is 4.74 Å². The second-order valence-corrected chi connectivity index (χ2v) is 4.36. The predicted octanol–water partition coefficient (Wildman–Crippen LogP) is 0.543. The van der Waals surface area contributed by atoms with E-state index in [-0.39, 0.29) is 29.9 Å². The number of ether oxygens (including phenoxy) is 1. The maximum absolute atomic E-state index is 11.6. The van der Waals surface area contributed by atoms with Crippen LogP contribution in [-0.2, 0) is 9.53 Å². The summed E-state index contributed by atoms with van der Waals surface area (Å²) in [5.74, 6) is 0.0125. The van der Waals surface area contributed by atoms with Gasteiger partial charge in [0, 0.05) is 12.0 Å². The Hall–Kier alpha value is -0.610. The molecule has 0 aromatic heterocycles. The number of hydrogen-bond acceptors (Lipinski definition) is 4. The molecule has 4 heteroatoms. The van der Waals surface area contributed by atoms with Crippen LogP contribution in [0.3, 0.4) is 0 Å². The van der Waals surface area contributed by atoms with E-state index in [0.29, 0.717) is 6.61 Å². The average Bonchev–Trinajstić information content (AvgIpc) is 2.42. The summed E-state index contributed by atoms with van der Waals surface area (Å²) in [5.41, 5.74) is 0. The largest absolute Gasteiger partial charge is 0.465 e. The molecule has 0 saturated carbocycles. The number of rotatable bonds is 3. The van der Waals surface area contributed by atoms with Crippen molar-refractivity contribution in [2.45, 2.75) is 45.9 Å². The molecule has 0 aliphatic carbocycles. The van der Waals surface area contributed by atoms with Crippen LogP contribution >= 0.6 is 0 Å². The lowest BCUT2D eigenvalue weighted by molar-refractivity contribution is -0.146. The van der Waals surface area contributed by atoms with Crippen molar-refractivity contribution in [3.05, 3.63) is 0 Å². The van der Waals surface area contributed by atoms with E-state index in [0.717, 1.165) is 0 Å². The Morgan fingerprint density at radius 2 is 2.13 bits per heavy atom. The highest BCUT2D eigenvalue weighted by Crippen LogP contribution is 2.30. The van der Waals surface area contributed by atoms with Gasteiger partial charge in [0.1, 0.15) is 6.04 Å². The summed E-state index contributed by atoms with van der Waals surface area (Å²) in [6.45, 7) is 7.94. The maximum atomic E-state index is 11.6. The van der Waals surface area contributed by atoms with E-state index in [1.807, 2.05) is 13.8 Å². The number of aliphatic hydroxyl groups excluding tert-OH is 1. The molecule has 1 rings (SSSR count). The molecule has 1 aliphatic rings. The van der Waals surface area contributed by atoms with Gasteiger partial charge in [-0.15, -0.1) is 0 Å². The Morgan fingerprint density at radius 3 is 2.53 bits per heavy atom. The number of carbonyl (C=O) groups excluding carboxylic acids is 1. The fourth-order valence-corrected chi connectivity index (χ4v) is 2.60. The molecule has 0 aromatic carbocycles. The summed E-state index contributed by atoms with van der Waals surface area (Å²) in [5, 5.41) is 12.8. The summed E-state index contributed by atoms with van der Waals surface area (Å²) in [6.07, 6.45) is -0.401. The van der Waals surface area contributed by atoms with Crippen molar-refractivity contribution in [2.75, 3.05) is 6.61 Å². The number of aliphatic hydroxyl groups is 1. The highest BCUT2D eigenvalue weighted by atomic mass is 16.5. The molecule has 4 nitrogen and oxygen atoms in total. The van der Waals surface area contributed by atoms with Crippen LogP contribution in [0.1, 0.15) is 27.7 Å². The summed E-state index contributed by atoms with van der Waals surface area (Å²) >= 11 is 0. The first kappa shape index (κ1) is 12.5. The zero-order valence-corrected chi connectivity index (χ0v) is 9.86. The molecule has 1 fully saturated rings. The van der Waals surface area contributed by atoms with Crippen molar-refractivity contribution < 1.29 is 14.6 Å². The predicted molar refractivity (Wildman–Crippen MR) is 57.4 cm³/mol. The van der Waals surface area contributed by atoms with Crippen LogP contribution in [0.15, 0.2) is 0 Å². The first-order valence-electron chi connectivity index (χ1n) is 5.59. The normalized spacial score (nSPS) is 37.7. The molecule has 15 heavy (non-hydrogen) atoms. The van der Waals surface area contributed by atoms with Gasteiger partial charge in [-0.1, -0.05) is 6.92 Å². The summed E-state index contributed by atoms with van der Waals surface area (Å²) < 4.78 is 4.99. The minimum Gasteiger partial charge on any atom is -0.465 e. The van der Waals surface area contributed by atoms with Crippen LogP contribution in [0, 0.1) is 11.8 Å². The Labute approximate surface area is 91.0 Å². The number of carbonyl (C=O) groups is 1. The lowest BCUT2D eigenvalue weighted by Gasteiger charge is -2.22. The highest BCUT2D eigenvalue weighted by molar-refractivity contribution is 5.76. The summed E-state index contributed by atoms with van der Waals surface area (Å²) in [7, 11) is 0. The van der Waals surface area contributed by atoms with Gasteiger partial charge in [0.25, 0.3) is 0 Å². The van der Waals surface area contributed by atoms with E-state index in [1.54, 1.807) is 13.8 Å². The molecule has 88 valence electrons. The zero-order chi connectivity index (χ0) is 11.6. The molecule has 1 aliphatic heterocycles. The third-order valence-corrected chi connectivity index (χ3v) is 3.25. The van der Waals surface area contributed by atoms with Gasteiger partial charge in [-0.3, -0.25) is 4.79 Å². The SMILES string of the molecule is CCOC(=O)C1NC(C)C(C(C)O)C1C. The van der Waals surface area contributed by atoms with Gasteiger partial charge >= 0.3 is 5.97 Å². The monoisotopic (exact) mass is 215 g/mol. The maximum Gasteiger partial charge on any atom is 0.323 e. The molecule has 0 amide bonds. The Morgan fingerprint density at radius 1 is 1.53 bits per heavy atom. The zero-order valence-electron chi connectivity index (χ0n) is 9.86. The molecular formula is C11H21NO3. The van der Waals surface area contributed by atoms with Crippen LogP contribution in [0.4, 0.5) is 0 Å². The quantitative estimate of drug-likeness (QED) is 0.675. The van der Waals surface area contributed by atoms with Crippen LogP contribution in [0.25, 0.3) is 0 Å². The van der Waals surface area contributed by atoms with E-state index < -0.39 is 6.10 Å². The fraction of sp³-hybridized carbons (Fsp3) is 0.909. The molecule has 0 bridgehead atoms. The van der Waals surface area contributed by atoms with Crippen LogP contribution in [0.5, 0.6) is 0 Å². The van der Waals surface area contributed by atoms with Crippen LogP contribution in [0.2, 0.25) is 0 Å². The number of hydrogen-bond donors (Lipinski definition) is 2. The van der Waals surface area contributed by atoms with Crippen molar-refractivity contribution in [2.24, 2.45) is 11.8 Å². The first-order valence-corrected chi connectivity index (χ1v) is 5.59. The van der Waals surface area contributed by atoms with Gasteiger partial charge in [-0.05, 0) is 26.7 Å². The Bertz CT molecular complexity index is 230. The molecule has 1 heterocycles. The van der Waals surface area contributed by atoms with Crippen LogP contribution in [-0.4, -0.2) is 35.9 Å². The van der Waals surface area contributed by atoms with Crippen LogP contribution < -0.4 is 5.32 Å². The molecule has 1 saturated heterocycles. The average molecular weight is 215 g/mol. The third kappa shape index (κ3) is 2.49. The Balaban J connectivity index is 2.68. The molecule has 5 atom stereocenters. The van der Waals surface area contributed by atoms with Gasteiger partial charge in [-0.2, -0.15) is 0 Å². The third-order valence-electron chi connectivity index (χ3n) is 3.25. The number of esters is 1. The van der Waals surface area contributed by atoms with E-state index in [9.17, 15) is 9.90 Å². The summed E-state index contributed by atoms with van der Waals surface area (Å²) in [6, 6.07) is -0.131. The minimum atomic E-state index is -0.401. The summed E-state index contributed by atoms with van der Waals surface area (Å²) in [4.78, 5) is 11.6. The smallest absolute Gasteiger partial charge is 0.323 e. The topological polar surface area (TPSA) is 58.6 Å². The molecule has 2 N–H and O–H groups in total. The second-order valence-electron chi connectivity index (χ2n) is 4.36. The van der Waals surface area contributed by atoms with E-state index in [1.165, 1.54) is 0 Å². The van der Waals surface area contributed by atoms with Crippen molar-refractivity contribution in [3.63, 3.8) is 0 Å².